The Bertz CT molecular complexity index is 80.9. The summed E-state index contributed by atoms with van der Waals surface area (Å²) in [5.41, 5.74) is 0. The summed E-state index contributed by atoms with van der Waals surface area (Å²) < 4.78 is 0. The minimum absolute atomic E-state index is 0. The molecule has 0 aliphatic rings. The molecule has 2 unspecified atom stereocenters. The Kier molecular flexibility index (Phi) is 8.76. The molecule has 0 rings (SSSR count). The van der Waals surface area contributed by atoms with Crippen LogP contribution in [0, 0.1) is 0 Å². The van der Waals surface area contributed by atoms with Gasteiger partial charge in [-0.05, 0) is 0 Å². The second kappa shape index (κ2) is 6.96. The molecule has 0 saturated heterocycles. The van der Waals surface area contributed by atoms with Crippen LogP contribution in [0.2, 0.25) is 0 Å². The molecule has 0 bridgehead atoms. The predicted octanol–water partition coefficient (Wildman–Crippen LogP) is -2.37. The highest BCUT2D eigenvalue weighted by Gasteiger charge is 2.22. The lowest BCUT2D eigenvalue weighted by molar-refractivity contribution is -0.0900. The van der Waals surface area contributed by atoms with Gasteiger partial charge in [0, 0.05) is 0 Å². The highest BCUT2D eigenvalue weighted by Crippen LogP contribution is 1.97. The molecule has 5 nitrogen and oxygen atoms in total. The second-order valence-electron chi connectivity index (χ2n) is 1.99. The third kappa shape index (κ3) is 4.67. The van der Waals surface area contributed by atoms with E-state index in [4.69, 9.17) is 25.5 Å². The minimum Gasteiger partial charge on any atom is -0.394 e. The van der Waals surface area contributed by atoms with Crippen LogP contribution in [-0.2, 0) is 0 Å². The molecule has 0 aliphatic heterocycles. The van der Waals surface area contributed by atoms with E-state index in [9.17, 15) is 0 Å². The van der Waals surface area contributed by atoms with Gasteiger partial charge in [-0.25, -0.2) is 0 Å². The van der Waals surface area contributed by atoms with Crippen LogP contribution in [0.5, 0.6) is 0 Å². The summed E-state index contributed by atoms with van der Waals surface area (Å²) in [7, 11) is 0. The Balaban J connectivity index is 0. The lowest BCUT2D eigenvalue weighted by atomic mass is 10.1. The third-order valence-corrected chi connectivity index (χ3v) is 1.16. The van der Waals surface area contributed by atoms with Gasteiger partial charge in [-0.2, -0.15) is 0 Å². The SMILES string of the molecule is Br.OCC(O)C(O)C(O)CO. The molecule has 0 amide bonds. The van der Waals surface area contributed by atoms with Gasteiger partial charge in [0.25, 0.3) is 0 Å². The average Bonchev–Trinajstić information content (AvgIpc) is 2.00. The maximum absolute atomic E-state index is 8.77. The van der Waals surface area contributed by atoms with Crippen molar-refractivity contribution in [3.8, 4) is 0 Å². The molecule has 5 N–H and O–H groups in total. The maximum atomic E-state index is 8.77. The van der Waals surface area contributed by atoms with Crippen LogP contribution in [-0.4, -0.2) is 57.1 Å². The summed E-state index contributed by atoms with van der Waals surface area (Å²) in [4.78, 5) is 0. The van der Waals surface area contributed by atoms with Gasteiger partial charge in [-0.1, -0.05) is 0 Å². The van der Waals surface area contributed by atoms with Crippen molar-refractivity contribution in [3.63, 3.8) is 0 Å². The summed E-state index contributed by atoms with van der Waals surface area (Å²) in [6, 6.07) is 0. The van der Waals surface area contributed by atoms with E-state index in [-0.39, 0.29) is 17.0 Å². The van der Waals surface area contributed by atoms with Gasteiger partial charge in [0.05, 0.1) is 13.2 Å². The first-order chi connectivity index (χ1) is 4.63. The van der Waals surface area contributed by atoms with E-state index < -0.39 is 31.5 Å². The Morgan fingerprint density at radius 1 is 0.818 bits per heavy atom. The molecule has 2 atom stereocenters. The largest absolute Gasteiger partial charge is 0.394 e. The van der Waals surface area contributed by atoms with Crippen LogP contribution in [0.3, 0.4) is 0 Å². The van der Waals surface area contributed by atoms with Crippen LogP contribution in [0.25, 0.3) is 0 Å². The van der Waals surface area contributed by atoms with Crippen molar-refractivity contribution in [2.75, 3.05) is 13.2 Å². The molecule has 0 aromatic heterocycles. The van der Waals surface area contributed by atoms with Crippen molar-refractivity contribution in [2.24, 2.45) is 0 Å². The number of rotatable bonds is 4. The van der Waals surface area contributed by atoms with Gasteiger partial charge < -0.3 is 25.5 Å². The summed E-state index contributed by atoms with van der Waals surface area (Å²) >= 11 is 0. The lowest BCUT2D eigenvalue weighted by Gasteiger charge is -2.19. The highest BCUT2D eigenvalue weighted by molar-refractivity contribution is 8.93. The fourth-order valence-corrected chi connectivity index (χ4v) is 0.472. The molecule has 0 aromatic carbocycles. The minimum atomic E-state index is -1.49. The van der Waals surface area contributed by atoms with Crippen molar-refractivity contribution >= 4 is 17.0 Å². The predicted molar refractivity (Wildman–Crippen MR) is 42.5 cm³/mol. The average molecular weight is 233 g/mol. The highest BCUT2D eigenvalue weighted by atomic mass is 79.9. The van der Waals surface area contributed by atoms with Gasteiger partial charge in [0.15, 0.2) is 0 Å². The fraction of sp³-hybridized carbons (Fsp3) is 1.00. The van der Waals surface area contributed by atoms with Crippen LogP contribution in [0.1, 0.15) is 0 Å². The van der Waals surface area contributed by atoms with E-state index in [2.05, 4.69) is 0 Å². The van der Waals surface area contributed by atoms with E-state index in [0.717, 1.165) is 0 Å². The summed E-state index contributed by atoms with van der Waals surface area (Å²) in [6.07, 6.45) is -4.29. The summed E-state index contributed by atoms with van der Waals surface area (Å²) in [6.45, 7) is -1.28. The molecular formula is C5H13BrO5. The molecule has 0 aromatic rings. The van der Waals surface area contributed by atoms with E-state index in [1.807, 2.05) is 0 Å². The second-order valence-corrected chi connectivity index (χ2v) is 1.99. The zero-order valence-corrected chi connectivity index (χ0v) is 7.50. The Labute approximate surface area is 74.7 Å². The van der Waals surface area contributed by atoms with Crippen molar-refractivity contribution in [1.82, 2.24) is 0 Å². The molecule has 11 heavy (non-hydrogen) atoms. The summed E-state index contributed by atoms with van der Waals surface area (Å²) in [5.74, 6) is 0. The Morgan fingerprint density at radius 3 is 1.27 bits per heavy atom. The molecule has 0 radical (unpaired) electrons. The van der Waals surface area contributed by atoms with E-state index in [1.54, 1.807) is 0 Å². The molecule has 0 fully saturated rings. The fourth-order valence-electron chi connectivity index (χ4n) is 0.472. The van der Waals surface area contributed by atoms with Crippen molar-refractivity contribution in [1.29, 1.82) is 0 Å². The molecular weight excluding hydrogens is 220 g/mol. The van der Waals surface area contributed by atoms with Crippen molar-refractivity contribution in [3.05, 3.63) is 0 Å². The number of hydrogen-bond acceptors (Lipinski definition) is 5. The van der Waals surface area contributed by atoms with Gasteiger partial charge >= 0.3 is 0 Å². The van der Waals surface area contributed by atoms with E-state index in [1.165, 1.54) is 0 Å². The zero-order chi connectivity index (χ0) is 8.15. The summed E-state index contributed by atoms with van der Waals surface area (Å²) in [5, 5.41) is 42.6. The first kappa shape index (κ1) is 13.8. The van der Waals surface area contributed by atoms with Gasteiger partial charge in [-0.3, -0.25) is 0 Å². The number of halogens is 1. The van der Waals surface area contributed by atoms with Gasteiger partial charge in [0.2, 0.25) is 0 Å². The smallest absolute Gasteiger partial charge is 0.110 e. The Hall–Kier alpha value is 0.280. The van der Waals surface area contributed by atoms with Crippen LogP contribution < -0.4 is 0 Å². The lowest BCUT2D eigenvalue weighted by Crippen LogP contribution is -2.41. The van der Waals surface area contributed by atoms with Crippen LogP contribution >= 0.6 is 17.0 Å². The van der Waals surface area contributed by atoms with Crippen molar-refractivity contribution < 1.29 is 25.5 Å². The van der Waals surface area contributed by atoms with E-state index >= 15 is 0 Å². The Morgan fingerprint density at radius 2 is 1.09 bits per heavy atom. The third-order valence-electron chi connectivity index (χ3n) is 1.16. The van der Waals surface area contributed by atoms with Crippen molar-refractivity contribution in [2.45, 2.75) is 18.3 Å². The van der Waals surface area contributed by atoms with Gasteiger partial charge in [-0.15, -0.1) is 17.0 Å². The topological polar surface area (TPSA) is 101 Å². The first-order valence-electron chi connectivity index (χ1n) is 2.89. The molecule has 0 spiro atoms. The number of hydrogen-bond donors (Lipinski definition) is 5. The molecule has 0 aliphatic carbocycles. The molecule has 6 heteroatoms. The number of aliphatic hydroxyl groups excluding tert-OH is 5. The maximum Gasteiger partial charge on any atom is 0.110 e. The monoisotopic (exact) mass is 232 g/mol. The molecule has 0 heterocycles. The number of aliphatic hydroxyl groups is 5. The van der Waals surface area contributed by atoms with E-state index in [0.29, 0.717) is 0 Å². The molecule has 70 valence electrons. The first-order valence-corrected chi connectivity index (χ1v) is 2.89. The van der Waals surface area contributed by atoms with Crippen LogP contribution in [0.15, 0.2) is 0 Å². The standard InChI is InChI=1S/C5H12O5.BrH/c6-1-3(8)5(10)4(9)2-7;/h3-10H,1-2H2;1H. The zero-order valence-electron chi connectivity index (χ0n) is 5.79. The van der Waals surface area contributed by atoms with Crippen LogP contribution in [0.4, 0.5) is 0 Å². The quantitative estimate of drug-likeness (QED) is 0.373. The molecule has 0 saturated carbocycles. The normalized spacial score (nSPS) is 18.3. The van der Waals surface area contributed by atoms with Gasteiger partial charge in [0.1, 0.15) is 18.3 Å².